The van der Waals surface area contributed by atoms with Crippen LogP contribution in [0.4, 0.5) is 0 Å². The van der Waals surface area contributed by atoms with Gasteiger partial charge in [0.1, 0.15) is 18.1 Å². The summed E-state index contributed by atoms with van der Waals surface area (Å²) in [5, 5.41) is 23.4. The SMILES string of the molecule is C=NCc1c(CC2CC(n3ccc4c(C)ncnc43)[C@H](O)[C@@H]2O)ccc(Cl)c1Cl. The molecule has 8 heteroatoms. The molecule has 1 saturated carbocycles. The predicted molar refractivity (Wildman–Crippen MR) is 115 cm³/mol. The minimum atomic E-state index is -0.894. The molecule has 1 aliphatic carbocycles. The van der Waals surface area contributed by atoms with Crippen LogP contribution in [0.5, 0.6) is 0 Å². The minimum Gasteiger partial charge on any atom is -0.390 e. The fourth-order valence-corrected chi connectivity index (χ4v) is 4.75. The summed E-state index contributed by atoms with van der Waals surface area (Å²) < 4.78 is 1.94. The van der Waals surface area contributed by atoms with Crippen LogP contribution < -0.4 is 0 Å². The van der Waals surface area contributed by atoms with Crippen molar-refractivity contribution in [3.63, 3.8) is 0 Å². The lowest BCUT2D eigenvalue weighted by molar-refractivity contribution is 0.00681. The molecule has 4 rings (SSSR count). The summed E-state index contributed by atoms with van der Waals surface area (Å²) >= 11 is 12.5. The number of nitrogens with zero attached hydrogens (tertiary/aromatic N) is 4. The Bertz CT molecular complexity index is 1070. The molecule has 152 valence electrons. The fraction of sp³-hybridized carbons (Fsp3) is 0.381. The van der Waals surface area contributed by atoms with Crippen molar-refractivity contribution in [2.24, 2.45) is 10.9 Å². The highest BCUT2D eigenvalue weighted by molar-refractivity contribution is 6.42. The molecule has 3 aromatic rings. The van der Waals surface area contributed by atoms with Crippen molar-refractivity contribution in [2.45, 2.75) is 44.6 Å². The second-order valence-electron chi connectivity index (χ2n) is 7.55. The molecule has 1 fully saturated rings. The lowest BCUT2D eigenvalue weighted by Gasteiger charge is -2.19. The highest BCUT2D eigenvalue weighted by Crippen LogP contribution is 2.40. The van der Waals surface area contributed by atoms with Crippen LogP contribution in [0, 0.1) is 12.8 Å². The molecule has 0 bridgehead atoms. The summed E-state index contributed by atoms with van der Waals surface area (Å²) in [7, 11) is 0. The van der Waals surface area contributed by atoms with Gasteiger partial charge in [-0.3, -0.25) is 4.99 Å². The number of aliphatic hydroxyl groups is 2. The van der Waals surface area contributed by atoms with Gasteiger partial charge in [0, 0.05) is 11.6 Å². The van der Waals surface area contributed by atoms with E-state index in [1.807, 2.05) is 29.8 Å². The standard InChI is InChI=1S/C21H22Cl2N4O2/c1-11-14-5-6-27(21(14)26-10-25-11)17-8-13(19(28)20(17)29)7-12-3-4-16(22)18(23)15(12)9-24-2/h3-6,10,13,17,19-20,28-29H,2,7-9H2,1H3/t13?,17?,19-,20+/m1/s1. The molecule has 6 nitrogen and oxygen atoms in total. The maximum absolute atomic E-state index is 10.8. The van der Waals surface area contributed by atoms with E-state index in [1.165, 1.54) is 6.33 Å². The average Bonchev–Trinajstić information content (AvgIpc) is 3.25. The summed E-state index contributed by atoms with van der Waals surface area (Å²) in [5.74, 6) is -0.142. The number of hydrogen-bond acceptors (Lipinski definition) is 5. The maximum atomic E-state index is 10.8. The van der Waals surface area contributed by atoms with Crippen molar-refractivity contribution in [1.29, 1.82) is 0 Å². The molecule has 2 N–H and O–H groups in total. The Balaban J connectivity index is 1.64. The van der Waals surface area contributed by atoms with E-state index in [4.69, 9.17) is 23.2 Å². The fourth-order valence-electron chi connectivity index (χ4n) is 4.33. The van der Waals surface area contributed by atoms with Crippen LogP contribution in [0.3, 0.4) is 0 Å². The summed E-state index contributed by atoms with van der Waals surface area (Å²) in [6.45, 7) is 5.83. The van der Waals surface area contributed by atoms with E-state index in [0.717, 1.165) is 27.9 Å². The molecular formula is C21H22Cl2N4O2. The molecule has 0 radical (unpaired) electrons. The van der Waals surface area contributed by atoms with Gasteiger partial charge in [-0.05, 0) is 55.7 Å². The number of hydrogen-bond donors (Lipinski definition) is 2. The highest BCUT2D eigenvalue weighted by atomic mass is 35.5. The zero-order chi connectivity index (χ0) is 20.7. The van der Waals surface area contributed by atoms with Gasteiger partial charge in [0.2, 0.25) is 0 Å². The third-order valence-electron chi connectivity index (χ3n) is 5.88. The number of aliphatic hydroxyl groups excluding tert-OH is 2. The largest absolute Gasteiger partial charge is 0.390 e. The summed E-state index contributed by atoms with van der Waals surface area (Å²) in [6.07, 6.45) is 2.84. The maximum Gasteiger partial charge on any atom is 0.143 e. The first kappa shape index (κ1) is 20.3. The Hall–Kier alpha value is -1.99. The molecule has 0 aliphatic heterocycles. The topological polar surface area (TPSA) is 83.5 Å². The minimum absolute atomic E-state index is 0.142. The van der Waals surface area contributed by atoms with E-state index in [2.05, 4.69) is 21.7 Å². The molecule has 4 atom stereocenters. The second-order valence-corrected chi connectivity index (χ2v) is 8.33. The lowest BCUT2D eigenvalue weighted by Crippen LogP contribution is -2.30. The number of benzene rings is 1. The quantitative estimate of drug-likeness (QED) is 0.600. The van der Waals surface area contributed by atoms with Gasteiger partial charge in [-0.15, -0.1) is 0 Å². The van der Waals surface area contributed by atoms with Crippen molar-refractivity contribution in [1.82, 2.24) is 14.5 Å². The normalized spacial score (nSPS) is 24.3. The number of aryl methyl sites for hydroxylation is 1. The molecular weight excluding hydrogens is 411 g/mol. The van der Waals surface area contributed by atoms with Crippen molar-refractivity contribution in [3.05, 3.63) is 57.6 Å². The van der Waals surface area contributed by atoms with E-state index in [1.54, 1.807) is 6.07 Å². The van der Waals surface area contributed by atoms with E-state index in [-0.39, 0.29) is 12.0 Å². The van der Waals surface area contributed by atoms with Crippen molar-refractivity contribution in [2.75, 3.05) is 0 Å². The van der Waals surface area contributed by atoms with Gasteiger partial charge in [-0.25, -0.2) is 9.97 Å². The van der Waals surface area contributed by atoms with Crippen molar-refractivity contribution < 1.29 is 10.2 Å². The third-order valence-corrected chi connectivity index (χ3v) is 6.73. The highest BCUT2D eigenvalue weighted by Gasteiger charge is 2.43. The molecule has 0 amide bonds. The van der Waals surface area contributed by atoms with Crippen molar-refractivity contribution in [3.8, 4) is 0 Å². The van der Waals surface area contributed by atoms with Gasteiger partial charge in [-0.1, -0.05) is 29.3 Å². The summed E-state index contributed by atoms with van der Waals surface area (Å²) in [6, 6.07) is 5.33. The Morgan fingerprint density at radius 2 is 2.00 bits per heavy atom. The Morgan fingerprint density at radius 3 is 2.76 bits per heavy atom. The van der Waals surface area contributed by atoms with E-state index >= 15 is 0 Å². The molecule has 2 heterocycles. The first-order valence-corrected chi connectivity index (χ1v) is 10.2. The zero-order valence-electron chi connectivity index (χ0n) is 16.0. The van der Waals surface area contributed by atoms with Crippen LogP contribution in [0.2, 0.25) is 10.0 Å². The van der Waals surface area contributed by atoms with Gasteiger partial charge in [-0.2, -0.15) is 0 Å². The van der Waals surface area contributed by atoms with Gasteiger partial charge in [0.05, 0.1) is 34.4 Å². The molecule has 1 aromatic carbocycles. The second kappa shape index (κ2) is 8.03. The first-order chi connectivity index (χ1) is 13.9. The number of aromatic nitrogens is 3. The van der Waals surface area contributed by atoms with Gasteiger partial charge in [0.25, 0.3) is 0 Å². The number of rotatable bonds is 5. The monoisotopic (exact) mass is 432 g/mol. The molecule has 0 spiro atoms. The van der Waals surface area contributed by atoms with Gasteiger partial charge in [0.15, 0.2) is 0 Å². The Morgan fingerprint density at radius 1 is 1.21 bits per heavy atom. The number of fused-ring (bicyclic) bond motifs is 1. The smallest absolute Gasteiger partial charge is 0.143 e. The zero-order valence-corrected chi connectivity index (χ0v) is 17.5. The van der Waals surface area contributed by atoms with E-state index in [9.17, 15) is 10.2 Å². The van der Waals surface area contributed by atoms with Crippen molar-refractivity contribution >= 4 is 41.0 Å². The Labute approximate surface area is 178 Å². The van der Waals surface area contributed by atoms with Crippen LogP contribution in [-0.2, 0) is 13.0 Å². The summed E-state index contributed by atoms with van der Waals surface area (Å²) in [4.78, 5) is 12.6. The molecule has 2 aromatic heterocycles. The molecule has 0 saturated heterocycles. The first-order valence-electron chi connectivity index (χ1n) is 9.44. The molecule has 1 aliphatic rings. The lowest BCUT2D eigenvalue weighted by atomic mass is 9.92. The molecule has 29 heavy (non-hydrogen) atoms. The van der Waals surface area contributed by atoms with E-state index in [0.29, 0.717) is 29.4 Å². The Kier molecular flexibility index (Phi) is 5.62. The van der Waals surface area contributed by atoms with Gasteiger partial charge < -0.3 is 14.8 Å². The van der Waals surface area contributed by atoms with E-state index < -0.39 is 12.2 Å². The predicted octanol–water partition coefficient (Wildman–Crippen LogP) is 3.77. The number of halogens is 2. The van der Waals surface area contributed by atoms with Crippen LogP contribution in [0.1, 0.15) is 29.3 Å². The van der Waals surface area contributed by atoms with Crippen LogP contribution in [0.15, 0.2) is 35.7 Å². The molecule has 2 unspecified atom stereocenters. The number of aliphatic imine (C=N–C) groups is 1. The average molecular weight is 433 g/mol. The van der Waals surface area contributed by atoms with Crippen LogP contribution in [0.25, 0.3) is 11.0 Å². The van der Waals surface area contributed by atoms with Crippen LogP contribution in [-0.4, -0.2) is 43.7 Å². The third kappa shape index (κ3) is 3.55. The van der Waals surface area contributed by atoms with Crippen LogP contribution >= 0.6 is 23.2 Å². The summed E-state index contributed by atoms with van der Waals surface area (Å²) in [5.41, 5.74) is 3.42. The van der Waals surface area contributed by atoms with Gasteiger partial charge >= 0.3 is 0 Å².